The second-order valence-corrected chi connectivity index (χ2v) is 9.21. The van der Waals surface area contributed by atoms with Crippen LogP contribution in [0.2, 0.25) is 0 Å². The summed E-state index contributed by atoms with van der Waals surface area (Å²) in [5.74, 6) is 0.443. The van der Waals surface area contributed by atoms with E-state index in [9.17, 15) is 13.2 Å². The first-order valence-corrected chi connectivity index (χ1v) is 12.3. The lowest BCUT2D eigenvalue weighted by molar-refractivity contribution is -0.0884. The number of fused-ring (bicyclic) bond motifs is 1. The van der Waals surface area contributed by atoms with E-state index in [1.165, 1.54) is 13.0 Å². The van der Waals surface area contributed by atoms with Gasteiger partial charge in [-0.3, -0.25) is 0 Å². The lowest BCUT2D eigenvalue weighted by Crippen LogP contribution is -2.38. The maximum atomic E-state index is 15.1. The van der Waals surface area contributed by atoms with Gasteiger partial charge >= 0.3 is 6.18 Å². The van der Waals surface area contributed by atoms with E-state index in [0.717, 1.165) is 37.2 Å². The molecule has 0 bridgehead atoms. The number of halogens is 4. The molecule has 0 radical (unpaired) electrons. The van der Waals surface area contributed by atoms with Crippen LogP contribution >= 0.6 is 0 Å². The van der Waals surface area contributed by atoms with Crippen molar-refractivity contribution in [2.45, 2.75) is 66.1 Å². The highest BCUT2D eigenvalue weighted by atomic mass is 19.4. The van der Waals surface area contributed by atoms with Crippen LogP contribution in [-0.2, 0) is 0 Å². The summed E-state index contributed by atoms with van der Waals surface area (Å²) in [4.78, 5) is 10.9. The molecule has 0 aromatic carbocycles. The number of nitrogens with one attached hydrogen (secondary N) is 1. The van der Waals surface area contributed by atoms with Gasteiger partial charge in [-0.2, -0.15) is 18.3 Å². The number of nitrogens with zero attached hydrogens (tertiary/aromatic N) is 5. The topological polar surface area (TPSA) is 58.4 Å². The summed E-state index contributed by atoms with van der Waals surface area (Å²) in [6.45, 7) is 9.19. The van der Waals surface area contributed by atoms with Crippen LogP contribution in [-0.4, -0.2) is 50.3 Å². The van der Waals surface area contributed by atoms with Crippen LogP contribution in [0, 0.1) is 6.92 Å². The van der Waals surface area contributed by atoms with Gasteiger partial charge in [-0.25, -0.2) is 18.9 Å². The van der Waals surface area contributed by atoms with E-state index in [1.54, 1.807) is 50.7 Å². The number of hydrogen-bond donors (Lipinski definition) is 1. The van der Waals surface area contributed by atoms with Crippen molar-refractivity contribution in [3.8, 4) is 0 Å². The van der Waals surface area contributed by atoms with E-state index in [0.29, 0.717) is 28.4 Å². The van der Waals surface area contributed by atoms with E-state index >= 15 is 4.39 Å². The van der Waals surface area contributed by atoms with Crippen LogP contribution < -0.4 is 5.32 Å². The van der Waals surface area contributed by atoms with Crippen LogP contribution in [0.5, 0.6) is 0 Å². The second kappa shape index (κ2) is 11.7. The van der Waals surface area contributed by atoms with E-state index < -0.39 is 17.6 Å². The monoisotopic (exact) mass is 518 g/mol. The van der Waals surface area contributed by atoms with Gasteiger partial charge in [0.15, 0.2) is 11.5 Å². The number of aromatic nitrogens is 4. The number of likely N-dealkylation sites (N-methyl/N-ethyl adjacent to an activating group) is 1. The molecule has 3 heterocycles. The number of piperidine rings is 1. The third-order valence-corrected chi connectivity index (χ3v) is 6.14. The number of likely N-dealkylation sites (tertiary alicyclic amines) is 1. The third kappa shape index (κ3) is 6.67. The Bertz CT molecular complexity index is 1280. The minimum absolute atomic E-state index is 0.0990. The van der Waals surface area contributed by atoms with Crippen molar-refractivity contribution in [2.75, 3.05) is 18.9 Å². The van der Waals surface area contributed by atoms with Crippen LogP contribution in [0.3, 0.4) is 0 Å². The second-order valence-electron chi connectivity index (χ2n) is 9.21. The lowest BCUT2D eigenvalue weighted by Gasteiger charge is -2.35. The minimum atomic E-state index is -4.60. The average Bonchev–Trinajstić information content (AvgIpc) is 3.22. The fourth-order valence-electron chi connectivity index (χ4n) is 4.33. The lowest BCUT2D eigenvalue weighted by atomic mass is 9.92. The molecular formula is C27H34F4N6. The van der Waals surface area contributed by atoms with Gasteiger partial charge in [0.25, 0.3) is 0 Å². The number of allylic oxidation sites excluding steroid dienone is 9. The predicted molar refractivity (Wildman–Crippen MR) is 139 cm³/mol. The fraction of sp³-hybridized carbons (Fsp3) is 0.444. The Morgan fingerprint density at radius 3 is 2.62 bits per heavy atom. The van der Waals surface area contributed by atoms with Crippen LogP contribution in [0.1, 0.15) is 52.8 Å². The van der Waals surface area contributed by atoms with Gasteiger partial charge in [-0.1, -0.05) is 24.6 Å². The summed E-state index contributed by atoms with van der Waals surface area (Å²) < 4.78 is 58.0. The number of rotatable bonds is 7. The fourth-order valence-corrected chi connectivity index (χ4v) is 4.33. The van der Waals surface area contributed by atoms with E-state index in [1.807, 2.05) is 11.9 Å². The molecule has 2 aromatic heterocycles. The molecule has 1 N–H and O–H groups in total. The zero-order chi connectivity index (χ0) is 27.3. The Kier molecular flexibility index (Phi) is 8.94. The van der Waals surface area contributed by atoms with Crippen LogP contribution in [0.25, 0.3) is 5.65 Å². The van der Waals surface area contributed by atoms with Crippen molar-refractivity contribution in [3.63, 3.8) is 0 Å². The number of aryl methyl sites for hydroxylation is 1. The summed E-state index contributed by atoms with van der Waals surface area (Å²) in [6, 6.07) is -0.216. The van der Waals surface area contributed by atoms with Gasteiger partial charge in [0, 0.05) is 37.3 Å². The molecule has 6 nitrogen and oxygen atoms in total. The molecule has 1 fully saturated rings. The van der Waals surface area contributed by atoms with Gasteiger partial charge in [0.05, 0.1) is 11.6 Å². The highest BCUT2D eigenvalue weighted by molar-refractivity contribution is 5.63. The zero-order valence-corrected chi connectivity index (χ0v) is 22.1. The molecule has 0 amide bonds. The largest absolute Gasteiger partial charge is 0.416 e. The molecule has 200 valence electrons. The van der Waals surface area contributed by atoms with Crippen molar-refractivity contribution in [3.05, 3.63) is 76.3 Å². The molecule has 0 aliphatic carbocycles. The van der Waals surface area contributed by atoms with Crippen molar-refractivity contribution in [1.29, 1.82) is 0 Å². The molecule has 0 saturated carbocycles. The molecule has 3 rings (SSSR count). The normalized spacial score (nSPS) is 19.1. The SMILES string of the molecule is C\C=C(F)/C(=C\C(=C\CC)C(F)(F)F)C(/C=C1/C(Nc2nccn3nc(C)nc23)CCCN1C)=C(C)C. The molecule has 37 heavy (non-hydrogen) atoms. The molecule has 2 aromatic rings. The summed E-state index contributed by atoms with van der Waals surface area (Å²) in [7, 11) is 1.92. The Balaban J connectivity index is 2.12. The van der Waals surface area contributed by atoms with E-state index in [4.69, 9.17) is 0 Å². The van der Waals surface area contributed by atoms with E-state index in [-0.39, 0.29) is 18.0 Å². The van der Waals surface area contributed by atoms with Gasteiger partial charge in [0.1, 0.15) is 11.7 Å². The Morgan fingerprint density at radius 2 is 2.00 bits per heavy atom. The Hall–Kier alpha value is -3.43. The summed E-state index contributed by atoms with van der Waals surface area (Å²) in [6.07, 6.45) is 5.53. The van der Waals surface area contributed by atoms with Gasteiger partial charge < -0.3 is 10.2 Å². The maximum absolute atomic E-state index is 15.1. The molecule has 1 aliphatic rings. The first kappa shape index (κ1) is 28.1. The van der Waals surface area contributed by atoms with Gasteiger partial charge in [-0.05, 0) is 64.7 Å². The average molecular weight is 519 g/mol. The number of alkyl halides is 3. The molecule has 10 heteroatoms. The van der Waals surface area contributed by atoms with Gasteiger partial charge in [-0.15, -0.1) is 0 Å². The number of hydrogen-bond acceptors (Lipinski definition) is 5. The summed E-state index contributed by atoms with van der Waals surface area (Å²) >= 11 is 0. The first-order valence-electron chi connectivity index (χ1n) is 12.3. The molecule has 1 atom stereocenters. The maximum Gasteiger partial charge on any atom is 0.416 e. The van der Waals surface area contributed by atoms with Crippen LogP contribution in [0.4, 0.5) is 23.4 Å². The third-order valence-electron chi connectivity index (χ3n) is 6.14. The molecular weight excluding hydrogens is 484 g/mol. The zero-order valence-electron chi connectivity index (χ0n) is 22.1. The first-order chi connectivity index (χ1) is 17.5. The summed E-state index contributed by atoms with van der Waals surface area (Å²) in [5, 5.41) is 7.77. The van der Waals surface area contributed by atoms with E-state index in [2.05, 4.69) is 20.4 Å². The van der Waals surface area contributed by atoms with Gasteiger partial charge in [0.2, 0.25) is 0 Å². The smallest absolute Gasteiger partial charge is 0.376 e. The van der Waals surface area contributed by atoms with Crippen molar-refractivity contribution in [2.24, 2.45) is 0 Å². The van der Waals surface area contributed by atoms with Crippen LogP contribution in [0.15, 0.2) is 70.5 Å². The number of anilines is 1. The molecule has 1 saturated heterocycles. The molecule has 1 aliphatic heterocycles. The quantitative estimate of drug-likeness (QED) is 0.321. The van der Waals surface area contributed by atoms with Crippen molar-refractivity contribution < 1.29 is 17.6 Å². The summed E-state index contributed by atoms with van der Waals surface area (Å²) in [5.41, 5.74) is 1.53. The van der Waals surface area contributed by atoms with Crippen molar-refractivity contribution >= 4 is 11.5 Å². The predicted octanol–water partition coefficient (Wildman–Crippen LogP) is 6.86. The Labute approximate surface area is 215 Å². The van der Waals surface area contributed by atoms with Crippen molar-refractivity contribution in [1.82, 2.24) is 24.5 Å². The standard InChI is InChI=1S/C27H34F4N6/c1-7-10-19(27(29,30)31)15-21(22(28)8-2)20(17(3)4)16-24-23(11-9-13-36(24)6)34-25-26-33-18(5)35-37(26)14-12-32-25/h8,10,12,14-16,23H,7,9,11,13H2,1-6H3,(H,32,34)/b19-10-,21-15-,22-8+,24-16-. The molecule has 0 spiro atoms. The highest BCUT2D eigenvalue weighted by Crippen LogP contribution is 2.35. The molecule has 1 unspecified atom stereocenters. The minimum Gasteiger partial charge on any atom is -0.376 e. The Morgan fingerprint density at radius 1 is 1.27 bits per heavy atom. The highest BCUT2D eigenvalue weighted by Gasteiger charge is 2.33.